The van der Waals surface area contributed by atoms with Crippen LogP contribution in [0.15, 0.2) is 10.7 Å². The SMILES string of the molecule is Cc1nn(C)c(Cn2cc(CN)nn2)c1Br. The highest BCUT2D eigenvalue weighted by Crippen LogP contribution is 2.20. The summed E-state index contributed by atoms with van der Waals surface area (Å²) in [4.78, 5) is 0. The molecule has 0 saturated heterocycles. The van der Waals surface area contributed by atoms with Crippen LogP contribution in [-0.2, 0) is 20.1 Å². The summed E-state index contributed by atoms with van der Waals surface area (Å²) in [5, 5.41) is 12.3. The first-order valence-electron chi connectivity index (χ1n) is 4.89. The van der Waals surface area contributed by atoms with Gasteiger partial charge in [-0.1, -0.05) is 5.21 Å². The van der Waals surface area contributed by atoms with Crippen LogP contribution >= 0.6 is 15.9 Å². The lowest BCUT2D eigenvalue weighted by Crippen LogP contribution is -2.06. The Balaban J connectivity index is 2.26. The molecule has 86 valence electrons. The van der Waals surface area contributed by atoms with Crippen molar-refractivity contribution in [3.05, 3.63) is 27.8 Å². The Morgan fingerprint density at radius 2 is 2.25 bits per heavy atom. The Morgan fingerprint density at radius 1 is 1.50 bits per heavy atom. The van der Waals surface area contributed by atoms with Crippen LogP contribution in [0, 0.1) is 6.92 Å². The predicted octanol–water partition coefficient (Wildman–Crippen LogP) is 0.590. The van der Waals surface area contributed by atoms with Crippen LogP contribution in [0.5, 0.6) is 0 Å². The molecule has 2 heterocycles. The van der Waals surface area contributed by atoms with Crippen LogP contribution in [0.25, 0.3) is 0 Å². The standard InChI is InChI=1S/C9H13BrN6/c1-6-9(10)8(15(2)13-6)5-16-4-7(3-11)12-14-16/h4H,3,5,11H2,1-2H3. The zero-order valence-electron chi connectivity index (χ0n) is 9.18. The molecule has 0 aliphatic rings. The van der Waals surface area contributed by atoms with E-state index in [1.807, 2.05) is 24.9 Å². The molecule has 0 fully saturated rings. The highest BCUT2D eigenvalue weighted by Gasteiger charge is 2.11. The second-order valence-corrected chi connectivity index (χ2v) is 4.37. The minimum Gasteiger partial charge on any atom is -0.325 e. The van der Waals surface area contributed by atoms with Crippen molar-refractivity contribution >= 4 is 15.9 Å². The van der Waals surface area contributed by atoms with Gasteiger partial charge in [-0.25, -0.2) is 4.68 Å². The van der Waals surface area contributed by atoms with Crippen LogP contribution in [0.3, 0.4) is 0 Å². The monoisotopic (exact) mass is 284 g/mol. The molecule has 0 aliphatic carbocycles. The molecule has 16 heavy (non-hydrogen) atoms. The Morgan fingerprint density at radius 3 is 2.75 bits per heavy atom. The smallest absolute Gasteiger partial charge is 0.0962 e. The molecule has 0 spiro atoms. The van der Waals surface area contributed by atoms with Crippen molar-refractivity contribution in [3.8, 4) is 0 Å². The van der Waals surface area contributed by atoms with Gasteiger partial charge in [0.15, 0.2) is 0 Å². The van der Waals surface area contributed by atoms with E-state index in [1.165, 1.54) is 0 Å². The minimum atomic E-state index is 0.408. The van der Waals surface area contributed by atoms with Gasteiger partial charge in [-0.3, -0.25) is 4.68 Å². The number of nitrogens with two attached hydrogens (primary N) is 1. The summed E-state index contributed by atoms with van der Waals surface area (Å²) in [5.41, 5.74) is 8.30. The van der Waals surface area contributed by atoms with Crippen molar-refractivity contribution in [1.29, 1.82) is 0 Å². The zero-order valence-corrected chi connectivity index (χ0v) is 10.8. The molecule has 0 aliphatic heterocycles. The third-order valence-electron chi connectivity index (χ3n) is 2.37. The maximum absolute atomic E-state index is 5.48. The molecule has 2 aromatic heterocycles. The third kappa shape index (κ3) is 2.00. The Labute approximate surface area is 102 Å². The molecule has 2 N–H and O–H groups in total. The Kier molecular flexibility index (Phi) is 3.06. The number of rotatable bonds is 3. The molecule has 0 unspecified atom stereocenters. The average Bonchev–Trinajstić information content (AvgIpc) is 2.80. The highest BCUT2D eigenvalue weighted by molar-refractivity contribution is 9.10. The second-order valence-electron chi connectivity index (χ2n) is 3.58. The number of aryl methyl sites for hydroxylation is 2. The van der Waals surface area contributed by atoms with Gasteiger partial charge < -0.3 is 5.73 Å². The topological polar surface area (TPSA) is 74.5 Å². The molecule has 0 amide bonds. The molecule has 0 aromatic carbocycles. The van der Waals surface area contributed by atoms with Crippen molar-refractivity contribution in [1.82, 2.24) is 24.8 Å². The molecule has 6 nitrogen and oxygen atoms in total. The molecular formula is C9H13BrN6. The van der Waals surface area contributed by atoms with E-state index in [9.17, 15) is 0 Å². The van der Waals surface area contributed by atoms with E-state index in [0.29, 0.717) is 13.1 Å². The van der Waals surface area contributed by atoms with Gasteiger partial charge in [0.05, 0.1) is 34.3 Å². The van der Waals surface area contributed by atoms with Gasteiger partial charge in [-0.05, 0) is 22.9 Å². The highest BCUT2D eigenvalue weighted by atomic mass is 79.9. The summed E-state index contributed by atoms with van der Waals surface area (Å²) >= 11 is 3.51. The van der Waals surface area contributed by atoms with Gasteiger partial charge in [-0.2, -0.15) is 5.10 Å². The van der Waals surface area contributed by atoms with E-state index in [0.717, 1.165) is 21.6 Å². The van der Waals surface area contributed by atoms with Crippen molar-refractivity contribution in [2.75, 3.05) is 0 Å². The minimum absolute atomic E-state index is 0.408. The van der Waals surface area contributed by atoms with Gasteiger partial charge in [-0.15, -0.1) is 5.10 Å². The molecule has 0 bridgehead atoms. The van der Waals surface area contributed by atoms with E-state index in [1.54, 1.807) is 4.68 Å². The van der Waals surface area contributed by atoms with Crippen molar-refractivity contribution in [3.63, 3.8) is 0 Å². The lowest BCUT2D eigenvalue weighted by Gasteiger charge is -2.01. The lowest BCUT2D eigenvalue weighted by atomic mass is 10.3. The molecule has 0 radical (unpaired) electrons. The van der Waals surface area contributed by atoms with Crippen LogP contribution in [-0.4, -0.2) is 24.8 Å². The van der Waals surface area contributed by atoms with E-state index >= 15 is 0 Å². The van der Waals surface area contributed by atoms with Crippen molar-refractivity contribution < 1.29 is 0 Å². The van der Waals surface area contributed by atoms with Crippen molar-refractivity contribution in [2.24, 2.45) is 12.8 Å². The predicted molar refractivity (Wildman–Crippen MR) is 62.7 cm³/mol. The first-order valence-corrected chi connectivity index (χ1v) is 5.68. The molecule has 0 atom stereocenters. The normalized spacial score (nSPS) is 11.0. The molecule has 0 saturated carbocycles. The quantitative estimate of drug-likeness (QED) is 0.895. The fourth-order valence-electron chi connectivity index (χ4n) is 1.51. The fraction of sp³-hybridized carbons (Fsp3) is 0.444. The lowest BCUT2D eigenvalue weighted by molar-refractivity contribution is 0.598. The van der Waals surface area contributed by atoms with E-state index in [2.05, 4.69) is 31.3 Å². The molecule has 2 rings (SSSR count). The van der Waals surface area contributed by atoms with E-state index in [-0.39, 0.29) is 0 Å². The van der Waals surface area contributed by atoms with Gasteiger partial charge in [0, 0.05) is 13.6 Å². The second kappa shape index (κ2) is 4.34. The Hall–Kier alpha value is -1.21. The van der Waals surface area contributed by atoms with Crippen LogP contribution in [0.1, 0.15) is 17.1 Å². The van der Waals surface area contributed by atoms with Crippen LogP contribution in [0.4, 0.5) is 0 Å². The van der Waals surface area contributed by atoms with Crippen molar-refractivity contribution in [2.45, 2.75) is 20.0 Å². The number of nitrogens with zero attached hydrogens (tertiary/aromatic N) is 5. The number of hydrogen-bond donors (Lipinski definition) is 1. The third-order valence-corrected chi connectivity index (χ3v) is 3.40. The summed E-state index contributed by atoms with van der Waals surface area (Å²) in [6.45, 7) is 3.00. The molecule has 7 heteroatoms. The molecule has 2 aromatic rings. The van der Waals surface area contributed by atoms with Gasteiger partial charge in [0.25, 0.3) is 0 Å². The van der Waals surface area contributed by atoms with Crippen LogP contribution in [0.2, 0.25) is 0 Å². The van der Waals surface area contributed by atoms with E-state index < -0.39 is 0 Å². The number of hydrogen-bond acceptors (Lipinski definition) is 4. The first-order chi connectivity index (χ1) is 7.61. The molecular weight excluding hydrogens is 272 g/mol. The van der Waals surface area contributed by atoms with Gasteiger partial charge >= 0.3 is 0 Å². The largest absolute Gasteiger partial charge is 0.325 e. The van der Waals surface area contributed by atoms with Gasteiger partial charge in [0.2, 0.25) is 0 Å². The van der Waals surface area contributed by atoms with Gasteiger partial charge in [0.1, 0.15) is 0 Å². The first kappa shape index (κ1) is 11.3. The Bertz CT molecular complexity index is 500. The fourth-order valence-corrected chi connectivity index (χ4v) is 1.98. The summed E-state index contributed by atoms with van der Waals surface area (Å²) in [5.74, 6) is 0. The summed E-state index contributed by atoms with van der Waals surface area (Å²) in [6.07, 6.45) is 1.84. The summed E-state index contributed by atoms with van der Waals surface area (Å²) in [7, 11) is 1.91. The number of halogens is 1. The average molecular weight is 285 g/mol. The maximum Gasteiger partial charge on any atom is 0.0962 e. The summed E-state index contributed by atoms with van der Waals surface area (Å²) < 4.78 is 4.60. The zero-order chi connectivity index (χ0) is 11.7. The van der Waals surface area contributed by atoms with Crippen LogP contribution < -0.4 is 5.73 Å². The van der Waals surface area contributed by atoms with E-state index in [4.69, 9.17) is 5.73 Å². The summed E-state index contributed by atoms with van der Waals surface area (Å²) in [6, 6.07) is 0. The number of aromatic nitrogens is 5. The maximum atomic E-state index is 5.48.